The van der Waals surface area contributed by atoms with E-state index in [1.807, 2.05) is 0 Å². The SMILES string of the molecule is COc1cc(C2CCC3(CCCCC3)CC2)c(-c2ccn(C)c2)cc1N. The van der Waals surface area contributed by atoms with Crippen molar-refractivity contribution in [2.45, 2.75) is 63.7 Å². The molecule has 0 atom stereocenters. The highest BCUT2D eigenvalue weighted by molar-refractivity contribution is 5.74. The molecule has 26 heavy (non-hydrogen) atoms. The van der Waals surface area contributed by atoms with Gasteiger partial charge < -0.3 is 15.0 Å². The van der Waals surface area contributed by atoms with E-state index in [1.54, 1.807) is 7.11 Å². The second-order valence-electron chi connectivity index (χ2n) is 8.58. The number of aryl methyl sites for hydroxylation is 1. The van der Waals surface area contributed by atoms with Gasteiger partial charge in [-0.05, 0) is 84.7 Å². The number of methoxy groups -OCH3 is 1. The van der Waals surface area contributed by atoms with E-state index in [-0.39, 0.29) is 0 Å². The molecule has 1 spiro atoms. The number of nitrogen functional groups attached to an aromatic ring is 1. The Bertz CT molecular complexity index is 761. The zero-order chi connectivity index (χ0) is 18.1. The van der Waals surface area contributed by atoms with E-state index in [4.69, 9.17) is 10.5 Å². The van der Waals surface area contributed by atoms with Crippen molar-refractivity contribution in [2.75, 3.05) is 12.8 Å². The Kier molecular flexibility index (Phi) is 4.73. The lowest BCUT2D eigenvalue weighted by atomic mass is 9.62. The van der Waals surface area contributed by atoms with Crippen LogP contribution in [0.5, 0.6) is 5.75 Å². The predicted molar refractivity (Wildman–Crippen MR) is 109 cm³/mol. The van der Waals surface area contributed by atoms with Gasteiger partial charge in [-0.2, -0.15) is 0 Å². The number of hydrogen-bond acceptors (Lipinski definition) is 2. The van der Waals surface area contributed by atoms with Gasteiger partial charge in [0.25, 0.3) is 0 Å². The summed E-state index contributed by atoms with van der Waals surface area (Å²) in [6.45, 7) is 0. The molecule has 0 bridgehead atoms. The topological polar surface area (TPSA) is 40.2 Å². The second kappa shape index (κ2) is 7.02. The molecule has 0 radical (unpaired) electrons. The number of rotatable bonds is 3. The van der Waals surface area contributed by atoms with Crippen LogP contribution in [0.3, 0.4) is 0 Å². The number of aromatic nitrogens is 1. The van der Waals surface area contributed by atoms with Gasteiger partial charge in [0, 0.05) is 19.4 Å². The van der Waals surface area contributed by atoms with Crippen LogP contribution in [0.4, 0.5) is 5.69 Å². The first kappa shape index (κ1) is 17.5. The molecule has 1 heterocycles. The lowest BCUT2D eigenvalue weighted by molar-refractivity contribution is 0.114. The molecule has 2 N–H and O–H groups in total. The van der Waals surface area contributed by atoms with Crippen LogP contribution in [-0.2, 0) is 7.05 Å². The van der Waals surface area contributed by atoms with Crippen molar-refractivity contribution < 1.29 is 4.74 Å². The molecule has 0 aliphatic heterocycles. The van der Waals surface area contributed by atoms with Crippen LogP contribution in [-0.4, -0.2) is 11.7 Å². The fourth-order valence-electron chi connectivity index (χ4n) is 5.38. The first-order chi connectivity index (χ1) is 12.6. The van der Waals surface area contributed by atoms with E-state index >= 15 is 0 Å². The van der Waals surface area contributed by atoms with Crippen molar-refractivity contribution in [3.05, 3.63) is 36.2 Å². The van der Waals surface area contributed by atoms with Crippen LogP contribution in [0.1, 0.15) is 69.3 Å². The Morgan fingerprint density at radius 1 is 1.08 bits per heavy atom. The molecule has 3 heteroatoms. The molecule has 2 aliphatic carbocycles. The van der Waals surface area contributed by atoms with Gasteiger partial charge in [-0.15, -0.1) is 0 Å². The summed E-state index contributed by atoms with van der Waals surface area (Å²) in [7, 11) is 3.79. The fourth-order valence-corrected chi connectivity index (χ4v) is 5.38. The maximum Gasteiger partial charge on any atom is 0.142 e. The first-order valence-electron chi connectivity index (χ1n) is 10.2. The Hall–Kier alpha value is -1.90. The maximum absolute atomic E-state index is 6.25. The number of anilines is 1. The molecule has 2 fully saturated rings. The summed E-state index contributed by atoms with van der Waals surface area (Å²) in [5.74, 6) is 1.44. The van der Waals surface area contributed by atoms with Crippen LogP contribution in [0.15, 0.2) is 30.6 Å². The minimum Gasteiger partial charge on any atom is -0.495 e. The largest absolute Gasteiger partial charge is 0.495 e. The van der Waals surface area contributed by atoms with E-state index in [0.29, 0.717) is 11.3 Å². The van der Waals surface area contributed by atoms with Crippen molar-refractivity contribution in [1.82, 2.24) is 4.57 Å². The van der Waals surface area contributed by atoms with Crippen molar-refractivity contribution in [3.8, 4) is 16.9 Å². The zero-order valence-corrected chi connectivity index (χ0v) is 16.3. The fraction of sp³-hybridized carbons (Fsp3) is 0.565. The highest BCUT2D eigenvalue weighted by Gasteiger charge is 2.37. The van der Waals surface area contributed by atoms with Gasteiger partial charge in [0.15, 0.2) is 0 Å². The molecule has 2 aliphatic rings. The van der Waals surface area contributed by atoms with Crippen LogP contribution in [0.25, 0.3) is 11.1 Å². The van der Waals surface area contributed by atoms with Crippen molar-refractivity contribution >= 4 is 5.69 Å². The van der Waals surface area contributed by atoms with Gasteiger partial charge in [0.2, 0.25) is 0 Å². The van der Waals surface area contributed by atoms with Gasteiger partial charge in [-0.25, -0.2) is 0 Å². The predicted octanol–water partition coefficient (Wildman–Crippen LogP) is 5.89. The highest BCUT2D eigenvalue weighted by Crippen LogP contribution is 2.52. The van der Waals surface area contributed by atoms with E-state index in [1.165, 1.54) is 74.5 Å². The number of benzene rings is 1. The number of nitrogens with zero attached hydrogens (tertiary/aromatic N) is 1. The third kappa shape index (κ3) is 3.24. The monoisotopic (exact) mass is 352 g/mol. The number of hydrogen-bond donors (Lipinski definition) is 1. The van der Waals surface area contributed by atoms with Gasteiger partial charge in [-0.1, -0.05) is 19.3 Å². The molecule has 1 aromatic heterocycles. The summed E-state index contributed by atoms with van der Waals surface area (Å²) in [6, 6.07) is 6.52. The normalized spacial score (nSPS) is 20.4. The number of ether oxygens (including phenoxy) is 1. The summed E-state index contributed by atoms with van der Waals surface area (Å²) in [4.78, 5) is 0. The molecule has 0 saturated heterocycles. The Morgan fingerprint density at radius 3 is 2.42 bits per heavy atom. The second-order valence-corrected chi connectivity index (χ2v) is 8.58. The van der Waals surface area contributed by atoms with E-state index in [9.17, 15) is 0 Å². The van der Waals surface area contributed by atoms with E-state index < -0.39 is 0 Å². The average molecular weight is 353 g/mol. The van der Waals surface area contributed by atoms with E-state index in [2.05, 4.69) is 42.2 Å². The van der Waals surface area contributed by atoms with Crippen LogP contribution in [0.2, 0.25) is 0 Å². The van der Waals surface area contributed by atoms with Crippen LogP contribution in [0, 0.1) is 5.41 Å². The van der Waals surface area contributed by atoms with Crippen molar-refractivity contribution in [1.29, 1.82) is 0 Å². The molecule has 2 aromatic rings. The van der Waals surface area contributed by atoms with Crippen LogP contribution < -0.4 is 10.5 Å². The minimum absolute atomic E-state index is 0.618. The lowest BCUT2D eigenvalue weighted by Gasteiger charge is -2.43. The summed E-state index contributed by atoms with van der Waals surface area (Å²) in [5, 5.41) is 0. The molecule has 1 aromatic carbocycles. The molecule has 140 valence electrons. The minimum atomic E-state index is 0.618. The first-order valence-corrected chi connectivity index (χ1v) is 10.2. The Balaban J connectivity index is 1.65. The summed E-state index contributed by atoms with van der Waals surface area (Å²) in [5.41, 5.74) is 11.6. The van der Waals surface area contributed by atoms with Gasteiger partial charge in [0.1, 0.15) is 5.75 Å². The van der Waals surface area contributed by atoms with Gasteiger partial charge in [-0.3, -0.25) is 0 Å². The molecule has 0 unspecified atom stereocenters. The Morgan fingerprint density at radius 2 is 1.81 bits per heavy atom. The molecule has 2 saturated carbocycles. The molecule has 3 nitrogen and oxygen atoms in total. The Labute approximate surface area is 157 Å². The van der Waals surface area contributed by atoms with Crippen molar-refractivity contribution in [3.63, 3.8) is 0 Å². The van der Waals surface area contributed by atoms with E-state index in [0.717, 1.165) is 11.4 Å². The molecular weight excluding hydrogens is 320 g/mol. The standard InChI is InChI=1S/C23H32N2O/c1-25-13-8-18(16-25)19-14-21(24)22(26-2)15-20(19)17-6-11-23(12-7-17)9-4-3-5-10-23/h8,13-17H,3-7,9-12,24H2,1-2H3. The lowest BCUT2D eigenvalue weighted by Crippen LogP contribution is -2.29. The molecule has 4 rings (SSSR count). The molecule has 0 amide bonds. The molecular formula is C23H32N2O. The maximum atomic E-state index is 6.25. The summed E-state index contributed by atoms with van der Waals surface area (Å²) >= 11 is 0. The quantitative estimate of drug-likeness (QED) is 0.700. The van der Waals surface area contributed by atoms with Crippen LogP contribution >= 0.6 is 0 Å². The van der Waals surface area contributed by atoms with Gasteiger partial charge in [0.05, 0.1) is 12.8 Å². The highest BCUT2D eigenvalue weighted by atomic mass is 16.5. The smallest absolute Gasteiger partial charge is 0.142 e. The average Bonchev–Trinajstić information content (AvgIpc) is 3.09. The third-order valence-corrected chi connectivity index (χ3v) is 6.95. The van der Waals surface area contributed by atoms with Crippen molar-refractivity contribution in [2.24, 2.45) is 12.5 Å². The zero-order valence-electron chi connectivity index (χ0n) is 16.3. The van der Waals surface area contributed by atoms with Gasteiger partial charge >= 0.3 is 0 Å². The number of nitrogens with two attached hydrogens (primary N) is 1. The third-order valence-electron chi connectivity index (χ3n) is 6.95. The summed E-state index contributed by atoms with van der Waals surface area (Å²) < 4.78 is 7.66. The summed E-state index contributed by atoms with van der Waals surface area (Å²) in [6.07, 6.45) is 16.9.